The van der Waals surface area contributed by atoms with Crippen LogP contribution in [0.4, 0.5) is 0 Å². The quantitative estimate of drug-likeness (QED) is 0.601. The molecule has 11 heavy (non-hydrogen) atoms. The van der Waals surface area contributed by atoms with E-state index in [1.165, 1.54) is 23.5 Å². The molecule has 0 aliphatic rings. The Hall–Kier alpha value is 0.519. The van der Waals surface area contributed by atoms with Crippen molar-refractivity contribution in [2.75, 3.05) is 0 Å². The van der Waals surface area contributed by atoms with Crippen molar-refractivity contribution in [1.82, 2.24) is 0 Å². The van der Waals surface area contributed by atoms with Crippen LogP contribution in [0.3, 0.4) is 0 Å². The molecule has 0 bridgehead atoms. The molecule has 2 atom stereocenters. The van der Waals surface area contributed by atoms with Crippen LogP contribution in [-0.2, 0) is 0 Å². The average Bonchev–Trinajstić information content (AvgIpc) is 2.04. The summed E-state index contributed by atoms with van der Waals surface area (Å²) in [5, 5.41) is 2.99. The van der Waals surface area contributed by atoms with Crippen LogP contribution in [0.25, 0.3) is 0 Å². The molecule has 68 valence electrons. The summed E-state index contributed by atoms with van der Waals surface area (Å²) in [7, 11) is 0. The predicted octanol–water partition coefficient (Wildman–Crippen LogP) is 3.62. The molecule has 0 aromatic rings. The van der Waals surface area contributed by atoms with Gasteiger partial charge < -0.3 is 0 Å². The van der Waals surface area contributed by atoms with Gasteiger partial charge in [-0.05, 0) is 0 Å². The Bertz CT molecular complexity index is 70.9. The molecule has 0 fully saturated rings. The molecule has 0 spiro atoms. The summed E-state index contributed by atoms with van der Waals surface area (Å²) < 4.78 is 0. The molecule has 0 radical (unpaired) electrons. The maximum absolute atomic E-state index is 2.37. The minimum absolute atomic E-state index is 0.921. The van der Waals surface area contributed by atoms with E-state index in [2.05, 4.69) is 27.7 Å². The van der Waals surface area contributed by atoms with E-state index in [4.69, 9.17) is 0 Å². The van der Waals surface area contributed by atoms with Gasteiger partial charge in [-0.1, -0.05) is 0 Å². The first-order valence-electron chi connectivity index (χ1n) is 4.78. The molecule has 0 aromatic heterocycles. The third-order valence-electron chi connectivity index (χ3n) is 2.20. The Labute approximate surface area is 78.3 Å². The van der Waals surface area contributed by atoms with Crippen molar-refractivity contribution in [3.8, 4) is 0 Å². The zero-order valence-electron chi connectivity index (χ0n) is 8.39. The molecule has 0 aliphatic carbocycles. The van der Waals surface area contributed by atoms with Crippen LogP contribution in [0.2, 0.25) is 10.6 Å². The third-order valence-corrected chi connectivity index (χ3v) is 5.58. The van der Waals surface area contributed by atoms with Crippen LogP contribution >= 0.6 is 0 Å². The van der Waals surface area contributed by atoms with Crippen LogP contribution in [0.15, 0.2) is 0 Å². The van der Waals surface area contributed by atoms with Gasteiger partial charge in [-0.15, -0.1) is 0 Å². The molecule has 0 heterocycles. The summed E-state index contributed by atoms with van der Waals surface area (Å²) in [5.41, 5.74) is 0. The Morgan fingerprint density at radius 1 is 0.909 bits per heavy atom. The molecule has 0 unspecified atom stereocenters. The molecule has 0 rings (SSSR count). The van der Waals surface area contributed by atoms with E-state index >= 15 is 0 Å². The van der Waals surface area contributed by atoms with Gasteiger partial charge in [-0.3, -0.25) is 0 Å². The van der Waals surface area contributed by atoms with Crippen LogP contribution in [-0.4, -0.2) is 15.0 Å². The summed E-state index contributed by atoms with van der Waals surface area (Å²) in [6.07, 6.45) is 2.73. The number of hydrogen-bond donors (Lipinski definition) is 0. The van der Waals surface area contributed by atoms with Gasteiger partial charge in [-0.2, -0.15) is 0 Å². The van der Waals surface area contributed by atoms with E-state index < -0.39 is 0 Å². The SMILES string of the molecule is CC[C@H](C)C[Se]C[C@@H](C)CC. The normalized spacial score (nSPS) is 16.4. The van der Waals surface area contributed by atoms with Gasteiger partial charge in [-0.25, -0.2) is 0 Å². The molecule has 0 saturated heterocycles. The van der Waals surface area contributed by atoms with E-state index in [1.54, 1.807) is 0 Å². The molecule has 0 aromatic carbocycles. The fourth-order valence-electron chi connectivity index (χ4n) is 0.706. The zero-order chi connectivity index (χ0) is 8.69. The molecule has 0 aliphatic heterocycles. The summed E-state index contributed by atoms with van der Waals surface area (Å²) in [6.45, 7) is 9.34. The zero-order valence-corrected chi connectivity index (χ0v) is 10.1. The first kappa shape index (κ1) is 11.5. The van der Waals surface area contributed by atoms with Gasteiger partial charge in [0.15, 0.2) is 0 Å². The van der Waals surface area contributed by atoms with Crippen molar-refractivity contribution in [3.63, 3.8) is 0 Å². The number of hydrogen-bond acceptors (Lipinski definition) is 0. The average molecular weight is 221 g/mol. The van der Waals surface area contributed by atoms with E-state index in [0.717, 1.165) is 26.8 Å². The van der Waals surface area contributed by atoms with Gasteiger partial charge in [0, 0.05) is 0 Å². The summed E-state index contributed by atoms with van der Waals surface area (Å²) in [6, 6.07) is 0. The fourth-order valence-corrected chi connectivity index (χ4v) is 3.67. The van der Waals surface area contributed by atoms with Crippen LogP contribution in [0.5, 0.6) is 0 Å². The second kappa shape index (κ2) is 7.18. The van der Waals surface area contributed by atoms with Crippen molar-refractivity contribution < 1.29 is 0 Å². The molecule has 0 N–H and O–H groups in total. The van der Waals surface area contributed by atoms with Gasteiger partial charge in [0.25, 0.3) is 0 Å². The monoisotopic (exact) mass is 222 g/mol. The van der Waals surface area contributed by atoms with Gasteiger partial charge >= 0.3 is 78.0 Å². The fraction of sp³-hybridized carbons (Fsp3) is 1.00. The van der Waals surface area contributed by atoms with E-state index in [-0.39, 0.29) is 0 Å². The number of rotatable bonds is 6. The maximum atomic E-state index is 2.37. The Morgan fingerprint density at radius 3 is 1.55 bits per heavy atom. The topological polar surface area (TPSA) is 0 Å². The molecule has 1 heteroatoms. The van der Waals surface area contributed by atoms with Gasteiger partial charge in [0.1, 0.15) is 0 Å². The first-order chi connectivity index (χ1) is 5.20. The van der Waals surface area contributed by atoms with E-state index in [0.29, 0.717) is 0 Å². The van der Waals surface area contributed by atoms with Crippen molar-refractivity contribution in [2.24, 2.45) is 11.8 Å². The molecular weight excluding hydrogens is 199 g/mol. The van der Waals surface area contributed by atoms with Crippen LogP contribution in [0, 0.1) is 11.8 Å². The first-order valence-corrected chi connectivity index (χ1v) is 7.20. The van der Waals surface area contributed by atoms with E-state index in [9.17, 15) is 0 Å². The molecule has 0 amide bonds. The summed E-state index contributed by atoms with van der Waals surface area (Å²) >= 11 is 0.921. The minimum atomic E-state index is 0.921. The predicted molar refractivity (Wildman–Crippen MR) is 54.3 cm³/mol. The third kappa shape index (κ3) is 6.90. The Morgan fingerprint density at radius 2 is 1.27 bits per heavy atom. The summed E-state index contributed by atoms with van der Waals surface area (Å²) in [5.74, 6) is 1.94. The van der Waals surface area contributed by atoms with Crippen LogP contribution in [0.1, 0.15) is 40.5 Å². The molecule has 0 nitrogen and oxygen atoms in total. The van der Waals surface area contributed by atoms with Gasteiger partial charge in [0.05, 0.1) is 0 Å². The van der Waals surface area contributed by atoms with Crippen molar-refractivity contribution in [2.45, 2.75) is 51.2 Å². The standard InChI is InChI=1S/C10H22Se/c1-5-9(3)7-11-8-10(4)6-2/h9-10H,5-8H2,1-4H3/t9-,10-/m0/s1. The second-order valence-electron chi connectivity index (χ2n) is 3.56. The van der Waals surface area contributed by atoms with Crippen molar-refractivity contribution in [1.29, 1.82) is 0 Å². The molecular formula is C10H22Se. The van der Waals surface area contributed by atoms with Crippen molar-refractivity contribution >= 4 is 15.0 Å². The second-order valence-corrected chi connectivity index (χ2v) is 5.82. The molecule has 0 saturated carbocycles. The van der Waals surface area contributed by atoms with Gasteiger partial charge in [0.2, 0.25) is 0 Å². The Balaban J connectivity index is 3.13. The van der Waals surface area contributed by atoms with Crippen LogP contribution < -0.4 is 0 Å². The van der Waals surface area contributed by atoms with Crippen molar-refractivity contribution in [3.05, 3.63) is 0 Å². The Kier molecular flexibility index (Phi) is 7.52. The van der Waals surface area contributed by atoms with E-state index in [1.807, 2.05) is 0 Å². The summed E-state index contributed by atoms with van der Waals surface area (Å²) in [4.78, 5) is 0.